The Kier molecular flexibility index (Phi) is 7.05. The zero-order chi connectivity index (χ0) is 18.6. The van der Waals surface area contributed by atoms with Gasteiger partial charge in [0.2, 0.25) is 5.91 Å². The van der Waals surface area contributed by atoms with Crippen LogP contribution in [0.5, 0.6) is 0 Å². The van der Waals surface area contributed by atoms with E-state index >= 15 is 0 Å². The summed E-state index contributed by atoms with van der Waals surface area (Å²) in [6.45, 7) is 16.4. The zero-order valence-electron chi connectivity index (χ0n) is 16.9. The van der Waals surface area contributed by atoms with Crippen molar-refractivity contribution in [3.63, 3.8) is 0 Å². The average Bonchev–Trinajstić information content (AvgIpc) is 2.96. The van der Waals surface area contributed by atoms with Crippen molar-refractivity contribution >= 4 is 5.91 Å². The summed E-state index contributed by atoms with van der Waals surface area (Å²) in [5.74, 6) is 2.59. The molecular formula is C20H36N4O. The van der Waals surface area contributed by atoms with Crippen LogP contribution in [0.2, 0.25) is 0 Å². The molecule has 2 heterocycles. The Balaban J connectivity index is 1.83. The van der Waals surface area contributed by atoms with Crippen molar-refractivity contribution in [2.45, 2.75) is 78.9 Å². The lowest BCUT2D eigenvalue weighted by atomic mass is 9.96. The van der Waals surface area contributed by atoms with E-state index in [1.165, 1.54) is 5.82 Å². The second-order valence-corrected chi connectivity index (χ2v) is 8.30. The van der Waals surface area contributed by atoms with Crippen LogP contribution >= 0.6 is 0 Å². The number of piperidine rings is 1. The van der Waals surface area contributed by atoms with E-state index in [0.717, 1.165) is 32.5 Å². The van der Waals surface area contributed by atoms with Gasteiger partial charge in [0.1, 0.15) is 5.82 Å². The molecule has 25 heavy (non-hydrogen) atoms. The summed E-state index contributed by atoms with van der Waals surface area (Å²) in [4.78, 5) is 21.4. The van der Waals surface area contributed by atoms with Crippen LogP contribution in [0.4, 0.5) is 0 Å². The summed E-state index contributed by atoms with van der Waals surface area (Å²) in [5.41, 5.74) is 0. The molecule has 1 saturated heterocycles. The van der Waals surface area contributed by atoms with Gasteiger partial charge in [-0.2, -0.15) is 0 Å². The summed E-state index contributed by atoms with van der Waals surface area (Å²) in [7, 11) is 0. The molecule has 5 heteroatoms. The van der Waals surface area contributed by atoms with Gasteiger partial charge in [-0.15, -0.1) is 0 Å². The van der Waals surface area contributed by atoms with Gasteiger partial charge in [0.05, 0.1) is 6.54 Å². The molecule has 0 radical (unpaired) electrons. The molecule has 0 spiro atoms. The number of likely N-dealkylation sites (tertiary alicyclic amines) is 1. The highest BCUT2D eigenvalue weighted by molar-refractivity contribution is 5.78. The molecule has 0 N–H and O–H groups in total. The third-order valence-corrected chi connectivity index (χ3v) is 5.19. The van der Waals surface area contributed by atoms with Crippen molar-refractivity contribution in [1.29, 1.82) is 0 Å². The van der Waals surface area contributed by atoms with E-state index in [0.29, 0.717) is 18.4 Å². The maximum atomic E-state index is 12.6. The molecule has 142 valence electrons. The maximum Gasteiger partial charge on any atom is 0.237 e. The quantitative estimate of drug-likeness (QED) is 0.759. The third-order valence-electron chi connectivity index (χ3n) is 5.19. The van der Waals surface area contributed by atoms with Gasteiger partial charge in [-0.25, -0.2) is 4.98 Å². The van der Waals surface area contributed by atoms with E-state index in [4.69, 9.17) is 0 Å². The number of hydrogen-bond donors (Lipinski definition) is 0. The molecule has 0 aliphatic carbocycles. The molecule has 0 bridgehead atoms. The summed E-state index contributed by atoms with van der Waals surface area (Å²) < 4.78 is 2.31. The molecule has 1 aliphatic rings. The molecule has 1 aromatic rings. The molecule has 0 unspecified atom stereocenters. The van der Waals surface area contributed by atoms with E-state index in [1.54, 1.807) is 0 Å². The van der Waals surface area contributed by atoms with Gasteiger partial charge in [-0.05, 0) is 59.5 Å². The Morgan fingerprint density at radius 3 is 2.28 bits per heavy atom. The smallest absolute Gasteiger partial charge is 0.237 e. The lowest BCUT2D eigenvalue weighted by Crippen LogP contribution is -2.48. The lowest BCUT2D eigenvalue weighted by Gasteiger charge is -2.36. The first kappa shape index (κ1) is 20.0. The van der Waals surface area contributed by atoms with E-state index < -0.39 is 0 Å². The molecule has 0 saturated carbocycles. The SMILES string of the molecule is CC(C)c1nccn1CC1CCN(CC(=O)N(C(C)C)C(C)C)CC1. The Morgan fingerprint density at radius 2 is 1.76 bits per heavy atom. The Hall–Kier alpha value is -1.36. The summed E-state index contributed by atoms with van der Waals surface area (Å²) >= 11 is 0. The van der Waals surface area contributed by atoms with Gasteiger partial charge in [0.25, 0.3) is 0 Å². The second-order valence-electron chi connectivity index (χ2n) is 8.30. The van der Waals surface area contributed by atoms with Gasteiger partial charge in [-0.3, -0.25) is 9.69 Å². The standard InChI is InChI=1S/C20H36N4O/c1-15(2)20-21-9-12-23(20)13-18-7-10-22(11-8-18)14-19(25)24(16(3)4)17(5)6/h9,12,15-18H,7-8,10-11,13-14H2,1-6H3. The Bertz CT molecular complexity index is 534. The van der Waals surface area contributed by atoms with E-state index in [9.17, 15) is 4.79 Å². The normalized spacial score (nSPS) is 17.0. The highest BCUT2D eigenvalue weighted by Crippen LogP contribution is 2.22. The Labute approximate surface area is 153 Å². The molecule has 5 nitrogen and oxygen atoms in total. The maximum absolute atomic E-state index is 12.6. The average molecular weight is 349 g/mol. The number of carbonyl (C=O) groups is 1. The fraction of sp³-hybridized carbons (Fsp3) is 0.800. The van der Waals surface area contributed by atoms with Crippen LogP contribution in [0.1, 0.15) is 66.1 Å². The van der Waals surface area contributed by atoms with Crippen molar-refractivity contribution in [3.05, 3.63) is 18.2 Å². The number of carbonyl (C=O) groups excluding carboxylic acids is 1. The summed E-state index contributed by atoms with van der Waals surface area (Å²) in [5, 5.41) is 0. The molecule has 0 aromatic carbocycles. The number of rotatable bonds is 7. The van der Waals surface area contributed by atoms with Gasteiger partial charge < -0.3 is 9.47 Å². The van der Waals surface area contributed by atoms with Crippen LogP contribution in [0.3, 0.4) is 0 Å². The Morgan fingerprint density at radius 1 is 1.16 bits per heavy atom. The number of aromatic nitrogens is 2. The molecule has 1 aliphatic heterocycles. The van der Waals surface area contributed by atoms with E-state index in [1.807, 2.05) is 11.1 Å². The monoisotopic (exact) mass is 348 g/mol. The minimum Gasteiger partial charge on any atom is -0.337 e. The fourth-order valence-electron chi connectivity index (χ4n) is 4.03. The first-order chi connectivity index (χ1) is 11.8. The van der Waals surface area contributed by atoms with Gasteiger partial charge in [0, 0.05) is 36.9 Å². The number of hydrogen-bond acceptors (Lipinski definition) is 3. The van der Waals surface area contributed by atoms with Crippen molar-refractivity contribution in [2.24, 2.45) is 5.92 Å². The van der Waals surface area contributed by atoms with Crippen LogP contribution in [0.15, 0.2) is 12.4 Å². The number of imidazole rings is 1. The highest BCUT2D eigenvalue weighted by atomic mass is 16.2. The summed E-state index contributed by atoms with van der Waals surface area (Å²) in [6, 6.07) is 0.529. The van der Waals surface area contributed by atoms with Crippen molar-refractivity contribution < 1.29 is 4.79 Å². The minimum absolute atomic E-state index is 0.264. The summed E-state index contributed by atoms with van der Waals surface area (Å²) in [6.07, 6.45) is 6.34. The van der Waals surface area contributed by atoms with Crippen LogP contribution < -0.4 is 0 Å². The number of amides is 1. The first-order valence-corrected chi connectivity index (χ1v) is 9.84. The van der Waals surface area contributed by atoms with Crippen molar-refractivity contribution in [2.75, 3.05) is 19.6 Å². The minimum atomic E-state index is 0.264. The zero-order valence-corrected chi connectivity index (χ0v) is 16.9. The largest absolute Gasteiger partial charge is 0.337 e. The highest BCUT2D eigenvalue weighted by Gasteiger charge is 2.26. The van der Waals surface area contributed by atoms with E-state index in [-0.39, 0.29) is 18.0 Å². The van der Waals surface area contributed by atoms with Gasteiger partial charge >= 0.3 is 0 Å². The molecule has 1 aromatic heterocycles. The van der Waals surface area contributed by atoms with Crippen LogP contribution in [0.25, 0.3) is 0 Å². The van der Waals surface area contributed by atoms with Crippen molar-refractivity contribution in [1.82, 2.24) is 19.4 Å². The van der Waals surface area contributed by atoms with Gasteiger partial charge in [0.15, 0.2) is 0 Å². The van der Waals surface area contributed by atoms with Crippen LogP contribution in [0, 0.1) is 5.92 Å². The molecule has 1 amide bonds. The molecule has 2 rings (SSSR count). The fourth-order valence-corrected chi connectivity index (χ4v) is 4.03. The van der Waals surface area contributed by atoms with Crippen LogP contribution in [-0.2, 0) is 11.3 Å². The van der Waals surface area contributed by atoms with Crippen LogP contribution in [-0.4, -0.2) is 57.0 Å². The second kappa shape index (κ2) is 8.84. The molecule has 0 atom stereocenters. The molecule has 1 fully saturated rings. The van der Waals surface area contributed by atoms with E-state index in [2.05, 4.69) is 62.2 Å². The topological polar surface area (TPSA) is 41.4 Å². The lowest BCUT2D eigenvalue weighted by molar-refractivity contribution is -0.136. The predicted octanol–water partition coefficient (Wildman–Crippen LogP) is 3.36. The first-order valence-electron chi connectivity index (χ1n) is 9.84. The molecular weight excluding hydrogens is 312 g/mol. The third kappa shape index (κ3) is 5.30. The van der Waals surface area contributed by atoms with Crippen molar-refractivity contribution in [3.8, 4) is 0 Å². The van der Waals surface area contributed by atoms with Gasteiger partial charge in [-0.1, -0.05) is 13.8 Å². The number of nitrogens with zero attached hydrogens (tertiary/aromatic N) is 4. The predicted molar refractivity (Wildman–Crippen MR) is 103 cm³/mol.